The zero-order valence-corrected chi connectivity index (χ0v) is 10.2. The van der Waals surface area contributed by atoms with Crippen molar-refractivity contribution in [1.82, 2.24) is 5.32 Å². The Labute approximate surface area is 109 Å². The standard InChI is InChI=1S/C12H14N2O5/c15-9-1-2-11(14(17)18)10(7-9)12(16)13-8-3-5-19-6-4-8/h1-2,7-8,15H,3-6H2,(H,13,16). The second-order valence-corrected chi connectivity index (χ2v) is 4.32. The fourth-order valence-electron chi connectivity index (χ4n) is 1.97. The van der Waals surface area contributed by atoms with Crippen molar-refractivity contribution >= 4 is 11.6 Å². The lowest BCUT2D eigenvalue weighted by Gasteiger charge is -2.23. The molecule has 7 heteroatoms. The third kappa shape index (κ3) is 3.19. The molecule has 2 N–H and O–H groups in total. The number of ether oxygens (including phenoxy) is 1. The number of hydrogen-bond acceptors (Lipinski definition) is 5. The van der Waals surface area contributed by atoms with Gasteiger partial charge >= 0.3 is 0 Å². The summed E-state index contributed by atoms with van der Waals surface area (Å²) in [5.41, 5.74) is -0.446. The molecule has 0 aromatic heterocycles. The molecule has 1 saturated heterocycles. The van der Waals surface area contributed by atoms with Crippen molar-refractivity contribution in [3.05, 3.63) is 33.9 Å². The molecule has 1 fully saturated rings. The van der Waals surface area contributed by atoms with Gasteiger partial charge in [0, 0.05) is 25.3 Å². The van der Waals surface area contributed by atoms with Crippen LogP contribution in [0, 0.1) is 10.1 Å². The molecular weight excluding hydrogens is 252 g/mol. The summed E-state index contributed by atoms with van der Waals surface area (Å²) < 4.78 is 5.17. The van der Waals surface area contributed by atoms with Gasteiger partial charge in [0.15, 0.2) is 0 Å². The number of phenolic OH excluding ortho intramolecular Hbond substituents is 1. The van der Waals surface area contributed by atoms with E-state index in [1.807, 2.05) is 0 Å². The maximum absolute atomic E-state index is 12.0. The molecule has 1 aliphatic heterocycles. The van der Waals surface area contributed by atoms with Crippen LogP contribution in [0.15, 0.2) is 18.2 Å². The maximum atomic E-state index is 12.0. The molecule has 2 rings (SSSR count). The van der Waals surface area contributed by atoms with E-state index in [1.54, 1.807) is 0 Å². The number of aromatic hydroxyl groups is 1. The molecule has 1 aliphatic rings. The molecule has 0 saturated carbocycles. The van der Waals surface area contributed by atoms with E-state index in [0.717, 1.165) is 12.1 Å². The molecule has 19 heavy (non-hydrogen) atoms. The zero-order chi connectivity index (χ0) is 13.8. The number of nitrogens with one attached hydrogen (secondary N) is 1. The molecule has 1 aromatic carbocycles. The van der Waals surface area contributed by atoms with Crippen LogP contribution >= 0.6 is 0 Å². The topological polar surface area (TPSA) is 102 Å². The van der Waals surface area contributed by atoms with E-state index in [-0.39, 0.29) is 23.0 Å². The highest BCUT2D eigenvalue weighted by Crippen LogP contribution is 2.23. The predicted molar refractivity (Wildman–Crippen MR) is 66.1 cm³/mol. The molecule has 0 aliphatic carbocycles. The first-order valence-corrected chi connectivity index (χ1v) is 5.94. The number of nitro groups is 1. The lowest BCUT2D eigenvalue weighted by Crippen LogP contribution is -2.39. The second kappa shape index (κ2) is 5.66. The predicted octanol–water partition coefficient (Wildman–Crippen LogP) is 1.21. The fourth-order valence-corrected chi connectivity index (χ4v) is 1.97. The van der Waals surface area contributed by atoms with E-state index < -0.39 is 10.8 Å². The largest absolute Gasteiger partial charge is 0.508 e. The number of amides is 1. The van der Waals surface area contributed by atoms with Gasteiger partial charge in [-0.05, 0) is 25.0 Å². The third-order valence-corrected chi connectivity index (χ3v) is 2.98. The van der Waals surface area contributed by atoms with E-state index in [1.165, 1.54) is 6.07 Å². The van der Waals surface area contributed by atoms with Gasteiger partial charge in [-0.3, -0.25) is 14.9 Å². The molecule has 1 heterocycles. The van der Waals surface area contributed by atoms with E-state index >= 15 is 0 Å². The quantitative estimate of drug-likeness (QED) is 0.632. The molecule has 0 spiro atoms. The summed E-state index contributed by atoms with van der Waals surface area (Å²) in [6, 6.07) is 3.35. The molecule has 1 aromatic rings. The van der Waals surface area contributed by atoms with Gasteiger partial charge in [0.2, 0.25) is 0 Å². The number of benzene rings is 1. The number of carbonyl (C=O) groups is 1. The minimum Gasteiger partial charge on any atom is -0.508 e. The van der Waals surface area contributed by atoms with Crippen molar-refractivity contribution < 1.29 is 19.6 Å². The van der Waals surface area contributed by atoms with E-state index in [4.69, 9.17) is 4.74 Å². The van der Waals surface area contributed by atoms with Crippen molar-refractivity contribution in [2.75, 3.05) is 13.2 Å². The molecular formula is C12H14N2O5. The van der Waals surface area contributed by atoms with Crippen molar-refractivity contribution in [1.29, 1.82) is 0 Å². The van der Waals surface area contributed by atoms with Crippen LogP contribution in [0.3, 0.4) is 0 Å². The van der Waals surface area contributed by atoms with Gasteiger partial charge in [0.1, 0.15) is 11.3 Å². The first-order chi connectivity index (χ1) is 9.08. The van der Waals surface area contributed by atoms with Crippen LogP contribution in [-0.2, 0) is 4.74 Å². The SMILES string of the molecule is O=C(NC1CCOCC1)c1cc(O)ccc1[N+](=O)[O-]. The van der Waals surface area contributed by atoms with Gasteiger partial charge in [-0.2, -0.15) is 0 Å². The highest BCUT2D eigenvalue weighted by Gasteiger charge is 2.23. The highest BCUT2D eigenvalue weighted by molar-refractivity contribution is 5.98. The van der Waals surface area contributed by atoms with Crippen LogP contribution in [0.4, 0.5) is 5.69 Å². The molecule has 7 nitrogen and oxygen atoms in total. The lowest BCUT2D eigenvalue weighted by molar-refractivity contribution is -0.385. The minimum absolute atomic E-state index is 0.0526. The number of carbonyl (C=O) groups excluding carboxylic acids is 1. The smallest absolute Gasteiger partial charge is 0.282 e. The van der Waals surface area contributed by atoms with Gasteiger partial charge in [0.25, 0.3) is 11.6 Å². The number of rotatable bonds is 3. The van der Waals surface area contributed by atoms with Gasteiger partial charge < -0.3 is 15.2 Å². The summed E-state index contributed by atoms with van der Waals surface area (Å²) in [4.78, 5) is 22.2. The summed E-state index contributed by atoms with van der Waals surface area (Å²) in [6.07, 6.45) is 1.36. The first-order valence-electron chi connectivity index (χ1n) is 5.94. The lowest BCUT2D eigenvalue weighted by atomic mass is 10.1. The van der Waals surface area contributed by atoms with Crippen LogP contribution in [0.2, 0.25) is 0 Å². The van der Waals surface area contributed by atoms with E-state index in [0.29, 0.717) is 26.1 Å². The molecule has 0 unspecified atom stereocenters. The molecule has 0 atom stereocenters. The normalized spacial score (nSPS) is 16.0. The Bertz CT molecular complexity index is 497. The highest BCUT2D eigenvalue weighted by atomic mass is 16.6. The van der Waals surface area contributed by atoms with E-state index in [2.05, 4.69) is 5.32 Å². The van der Waals surface area contributed by atoms with Crippen LogP contribution < -0.4 is 5.32 Å². The van der Waals surface area contributed by atoms with Crippen molar-refractivity contribution in [2.24, 2.45) is 0 Å². The first kappa shape index (κ1) is 13.3. The van der Waals surface area contributed by atoms with Crippen molar-refractivity contribution in [3.63, 3.8) is 0 Å². The Morgan fingerprint density at radius 2 is 2.11 bits per heavy atom. The van der Waals surface area contributed by atoms with Crippen molar-refractivity contribution in [2.45, 2.75) is 18.9 Å². The average molecular weight is 266 g/mol. The number of nitro benzene ring substituents is 1. The Hall–Kier alpha value is -2.15. The number of phenols is 1. The van der Waals surface area contributed by atoms with E-state index in [9.17, 15) is 20.0 Å². The van der Waals surface area contributed by atoms with Crippen LogP contribution in [0.25, 0.3) is 0 Å². The fraction of sp³-hybridized carbons (Fsp3) is 0.417. The zero-order valence-electron chi connectivity index (χ0n) is 10.2. The Morgan fingerprint density at radius 3 is 2.74 bits per heavy atom. The Kier molecular flexibility index (Phi) is 3.96. The third-order valence-electron chi connectivity index (χ3n) is 2.98. The Balaban J connectivity index is 2.17. The minimum atomic E-state index is -0.641. The number of nitrogens with zero attached hydrogens (tertiary/aromatic N) is 1. The van der Waals surface area contributed by atoms with Crippen LogP contribution in [-0.4, -0.2) is 35.2 Å². The van der Waals surface area contributed by atoms with Crippen LogP contribution in [0.1, 0.15) is 23.2 Å². The molecule has 0 radical (unpaired) electrons. The van der Waals surface area contributed by atoms with Crippen molar-refractivity contribution in [3.8, 4) is 5.75 Å². The second-order valence-electron chi connectivity index (χ2n) is 4.32. The van der Waals surface area contributed by atoms with Gasteiger partial charge in [-0.1, -0.05) is 0 Å². The average Bonchev–Trinajstić information content (AvgIpc) is 2.39. The molecule has 1 amide bonds. The van der Waals surface area contributed by atoms with Gasteiger partial charge in [-0.25, -0.2) is 0 Å². The summed E-state index contributed by atoms with van der Waals surface area (Å²) in [5, 5.41) is 22.9. The van der Waals surface area contributed by atoms with Gasteiger partial charge in [0.05, 0.1) is 4.92 Å². The van der Waals surface area contributed by atoms with Crippen LogP contribution in [0.5, 0.6) is 5.75 Å². The molecule has 102 valence electrons. The summed E-state index contributed by atoms with van der Waals surface area (Å²) in [6.45, 7) is 1.13. The molecule has 0 bridgehead atoms. The monoisotopic (exact) mass is 266 g/mol. The maximum Gasteiger partial charge on any atom is 0.282 e. The summed E-state index contributed by atoms with van der Waals surface area (Å²) in [7, 11) is 0. The summed E-state index contributed by atoms with van der Waals surface area (Å²) >= 11 is 0. The van der Waals surface area contributed by atoms with Gasteiger partial charge in [-0.15, -0.1) is 0 Å². The Morgan fingerprint density at radius 1 is 1.42 bits per heavy atom. The summed E-state index contributed by atoms with van der Waals surface area (Å²) in [5.74, 6) is -0.725. The number of hydrogen-bond donors (Lipinski definition) is 2.